The SMILES string of the molecule is C[C@]12CCC3C(CC[C@@H]4CC(=O)CC[C@]34C)C1CC[C@@H]2OC(=O)C(F)(F)F. The van der Waals surface area contributed by atoms with Crippen molar-refractivity contribution < 1.29 is 27.5 Å². The minimum Gasteiger partial charge on any atom is -0.455 e. The van der Waals surface area contributed by atoms with Crippen molar-refractivity contribution in [3.05, 3.63) is 0 Å². The second-order valence-corrected chi connectivity index (χ2v) is 9.91. The molecule has 4 aliphatic carbocycles. The maximum atomic E-state index is 12.7. The zero-order chi connectivity index (χ0) is 19.6. The van der Waals surface area contributed by atoms with E-state index >= 15 is 0 Å². The third-order valence-electron chi connectivity index (χ3n) is 8.88. The molecule has 0 bridgehead atoms. The van der Waals surface area contributed by atoms with Crippen LogP contribution in [0.2, 0.25) is 0 Å². The highest BCUT2D eigenvalue weighted by Crippen LogP contribution is 2.66. The second-order valence-electron chi connectivity index (χ2n) is 9.91. The smallest absolute Gasteiger partial charge is 0.455 e. The molecule has 0 spiro atoms. The predicted molar refractivity (Wildman–Crippen MR) is 92.7 cm³/mol. The van der Waals surface area contributed by atoms with Crippen LogP contribution in [-0.2, 0) is 14.3 Å². The van der Waals surface area contributed by atoms with Crippen molar-refractivity contribution in [2.45, 2.75) is 83.9 Å². The maximum Gasteiger partial charge on any atom is 0.490 e. The number of halogens is 3. The Morgan fingerprint density at radius 2 is 1.70 bits per heavy atom. The molecule has 0 N–H and O–H groups in total. The summed E-state index contributed by atoms with van der Waals surface area (Å²) in [5.41, 5.74) is -0.172. The summed E-state index contributed by atoms with van der Waals surface area (Å²) in [5, 5.41) is 0. The van der Waals surface area contributed by atoms with Crippen LogP contribution in [0.15, 0.2) is 0 Å². The summed E-state index contributed by atoms with van der Waals surface area (Å²) < 4.78 is 43.0. The van der Waals surface area contributed by atoms with Crippen LogP contribution in [0.4, 0.5) is 13.2 Å². The first-order valence-electron chi connectivity index (χ1n) is 10.4. The number of carbonyl (C=O) groups is 2. The average molecular weight is 386 g/mol. The van der Waals surface area contributed by atoms with Gasteiger partial charge >= 0.3 is 12.1 Å². The molecule has 0 amide bonds. The number of rotatable bonds is 1. The fourth-order valence-electron chi connectivity index (χ4n) is 7.39. The monoisotopic (exact) mass is 386 g/mol. The van der Waals surface area contributed by atoms with Gasteiger partial charge in [-0.1, -0.05) is 13.8 Å². The van der Waals surface area contributed by atoms with Gasteiger partial charge in [0.15, 0.2) is 0 Å². The van der Waals surface area contributed by atoms with Crippen LogP contribution in [0, 0.1) is 34.5 Å². The first kappa shape index (κ1) is 19.3. The zero-order valence-corrected chi connectivity index (χ0v) is 16.1. The van der Waals surface area contributed by atoms with Gasteiger partial charge in [-0.3, -0.25) is 4.79 Å². The summed E-state index contributed by atoms with van der Waals surface area (Å²) in [6, 6.07) is 0. The number of hydrogen-bond donors (Lipinski definition) is 0. The van der Waals surface area contributed by atoms with Gasteiger partial charge in [-0.25, -0.2) is 4.79 Å². The van der Waals surface area contributed by atoms with Crippen molar-refractivity contribution in [2.75, 3.05) is 0 Å². The molecule has 0 aromatic rings. The van der Waals surface area contributed by atoms with E-state index in [1.165, 1.54) is 0 Å². The van der Waals surface area contributed by atoms with Gasteiger partial charge in [0.25, 0.3) is 0 Å². The number of esters is 1. The molecule has 3 unspecified atom stereocenters. The van der Waals surface area contributed by atoms with E-state index < -0.39 is 18.2 Å². The predicted octanol–water partition coefficient (Wildman–Crippen LogP) is 5.07. The molecule has 0 heterocycles. The summed E-state index contributed by atoms with van der Waals surface area (Å²) in [6.07, 6.45) is 2.02. The lowest BCUT2D eigenvalue weighted by Gasteiger charge is -2.60. The highest BCUT2D eigenvalue weighted by Gasteiger charge is 2.61. The van der Waals surface area contributed by atoms with Gasteiger partial charge in [0, 0.05) is 18.3 Å². The number of Topliss-reactive ketones (excluding diaryl/α,β-unsaturated/α-hetero) is 1. The number of alkyl halides is 3. The van der Waals surface area contributed by atoms with Crippen molar-refractivity contribution in [1.82, 2.24) is 0 Å². The van der Waals surface area contributed by atoms with Crippen LogP contribution in [-0.4, -0.2) is 24.0 Å². The van der Waals surface area contributed by atoms with Gasteiger partial charge < -0.3 is 4.74 Å². The Morgan fingerprint density at radius 1 is 1.00 bits per heavy atom. The quantitative estimate of drug-likeness (QED) is 0.591. The van der Waals surface area contributed by atoms with E-state index in [1.807, 2.05) is 6.92 Å². The topological polar surface area (TPSA) is 43.4 Å². The lowest BCUT2D eigenvalue weighted by Crippen LogP contribution is -2.54. The Labute approximate surface area is 158 Å². The minimum atomic E-state index is -4.92. The van der Waals surface area contributed by atoms with E-state index in [4.69, 9.17) is 4.74 Å². The van der Waals surface area contributed by atoms with E-state index in [0.29, 0.717) is 48.7 Å². The molecule has 3 nitrogen and oxygen atoms in total. The number of ketones is 1. The van der Waals surface area contributed by atoms with Crippen LogP contribution in [0.25, 0.3) is 0 Å². The highest BCUT2D eigenvalue weighted by molar-refractivity contribution is 5.79. The molecule has 152 valence electrons. The molecule has 4 rings (SSSR count). The lowest BCUT2D eigenvalue weighted by molar-refractivity contribution is -0.212. The van der Waals surface area contributed by atoms with E-state index in [9.17, 15) is 22.8 Å². The third kappa shape index (κ3) is 2.93. The largest absolute Gasteiger partial charge is 0.490 e. The summed E-state index contributed by atoms with van der Waals surface area (Å²) in [5.74, 6) is 0.143. The van der Waals surface area contributed by atoms with E-state index in [1.54, 1.807) is 0 Å². The molecule has 0 aromatic carbocycles. The number of fused-ring (bicyclic) bond motifs is 5. The number of ether oxygens (including phenoxy) is 1. The molecule has 6 heteroatoms. The van der Waals surface area contributed by atoms with Gasteiger partial charge in [0.2, 0.25) is 0 Å². The molecule has 4 fully saturated rings. The Morgan fingerprint density at radius 3 is 2.41 bits per heavy atom. The molecule has 0 radical (unpaired) electrons. The van der Waals surface area contributed by atoms with Crippen molar-refractivity contribution in [3.8, 4) is 0 Å². The summed E-state index contributed by atoms with van der Waals surface area (Å²) >= 11 is 0. The van der Waals surface area contributed by atoms with Gasteiger partial charge in [0.05, 0.1) is 0 Å². The average Bonchev–Trinajstić information content (AvgIpc) is 2.91. The van der Waals surface area contributed by atoms with Gasteiger partial charge in [0.1, 0.15) is 11.9 Å². The standard InChI is InChI=1S/C21H29F3O3/c1-19-9-7-13(25)11-12(19)3-4-14-15-5-6-17(27-18(26)21(22,23)24)20(15,2)10-8-16(14)19/h12,14-17H,3-11H2,1-2H3/t12-,14?,15?,16?,17+,19+,20+/m1/s1. The molecule has 0 aliphatic heterocycles. The molecule has 4 aliphatic rings. The van der Waals surface area contributed by atoms with E-state index in [0.717, 1.165) is 38.5 Å². The first-order chi connectivity index (χ1) is 12.6. The molecule has 4 saturated carbocycles. The molecule has 0 aromatic heterocycles. The second kappa shape index (κ2) is 6.21. The highest BCUT2D eigenvalue weighted by atomic mass is 19.4. The van der Waals surface area contributed by atoms with Crippen molar-refractivity contribution in [3.63, 3.8) is 0 Å². The minimum absolute atomic E-state index is 0.179. The first-order valence-corrected chi connectivity index (χ1v) is 10.4. The molecule has 27 heavy (non-hydrogen) atoms. The normalized spacial score (nSPS) is 47.0. The Balaban J connectivity index is 1.54. The van der Waals surface area contributed by atoms with E-state index in [2.05, 4.69) is 6.92 Å². The van der Waals surface area contributed by atoms with Gasteiger partial charge in [-0.2, -0.15) is 13.2 Å². The molecular weight excluding hydrogens is 357 g/mol. The molecule has 7 atom stereocenters. The van der Waals surface area contributed by atoms with Gasteiger partial charge in [-0.15, -0.1) is 0 Å². The summed E-state index contributed by atoms with van der Waals surface area (Å²) in [6.45, 7) is 4.38. The van der Waals surface area contributed by atoms with Gasteiger partial charge in [-0.05, 0) is 74.0 Å². The van der Waals surface area contributed by atoms with Crippen LogP contribution in [0.3, 0.4) is 0 Å². The Hall–Kier alpha value is -1.07. The van der Waals surface area contributed by atoms with Crippen LogP contribution < -0.4 is 0 Å². The van der Waals surface area contributed by atoms with E-state index in [-0.39, 0.29) is 10.8 Å². The Kier molecular flexibility index (Phi) is 4.43. The third-order valence-corrected chi connectivity index (χ3v) is 8.88. The summed E-state index contributed by atoms with van der Waals surface area (Å²) in [7, 11) is 0. The lowest BCUT2D eigenvalue weighted by atomic mass is 9.45. The number of hydrogen-bond acceptors (Lipinski definition) is 3. The maximum absolute atomic E-state index is 12.7. The summed E-state index contributed by atoms with van der Waals surface area (Å²) in [4.78, 5) is 23.4. The van der Waals surface area contributed by atoms with Crippen molar-refractivity contribution >= 4 is 11.8 Å². The van der Waals surface area contributed by atoms with Crippen LogP contribution in [0.1, 0.15) is 71.6 Å². The number of carbonyl (C=O) groups excluding carboxylic acids is 2. The fraction of sp³-hybridized carbons (Fsp3) is 0.905. The van der Waals surface area contributed by atoms with Crippen molar-refractivity contribution in [2.24, 2.45) is 34.5 Å². The van der Waals surface area contributed by atoms with Crippen molar-refractivity contribution in [1.29, 1.82) is 0 Å². The van der Waals surface area contributed by atoms with Crippen LogP contribution >= 0.6 is 0 Å². The zero-order valence-electron chi connectivity index (χ0n) is 16.1. The Bertz CT molecular complexity index is 645. The van der Waals surface area contributed by atoms with Crippen LogP contribution in [0.5, 0.6) is 0 Å². The fourth-order valence-corrected chi connectivity index (χ4v) is 7.39. The molecular formula is C21H29F3O3. The molecule has 0 saturated heterocycles.